The Labute approximate surface area is 172 Å². The fourth-order valence-corrected chi connectivity index (χ4v) is 4.03. The largest absolute Gasteiger partial charge is 0.330 e. The molecule has 4 rings (SSSR count). The number of fused-ring (bicyclic) bond motifs is 1. The zero-order valence-electron chi connectivity index (χ0n) is 18.0. The monoisotopic (exact) mass is 390 g/mol. The van der Waals surface area contributed by atoms with Gasteiger partial charge < -0.3 is 5.32 Å². The summed E-state index contributed by atoms with van der Waals surface area (Å²) in [5, 5.41) is 3.37. The van der Waals surface area contributed by atoms with Crippen molar-refractivity contribution in [2.75, 3.05) is 13.1 Å². The molecule has 0 atom stereocenters. The Morgan fingerprint density at radius 1 is 1.17 bits per heavy atom. The van der Waals surface area contributed by atoms with Crippen molar-refractivity contribution in [1.82, 2.24) is 19.4 Å². The van der Waals surface area contributed by atoms with Gasteiger partial charge in [-0.15, -0.1) is 0 Å². The van der Waals surface area contributed by atoms with Gasteiger partial charge in [0, 0.05) is 25.7 Å². The predicted octanol–water partition coefficient (Wildman–Crippen LogP) is 4.13. The molecule has 3 heterocycles. The van der Waals surface area contributed by atoms with Crippen LogP contribution in [0.15, 0.2) is 41.2 Å². The number of aryl methyl sites for hydroxylation is 2. The van der Waals surface area contributed by atoms with Crippen LogP contribution in [-0.4, -0.2) is 27.2 Å². The van der Waals surface area contributed by atoms with E-state index in [0.29, 0.717) is 6.54 Å². The number of hydrogen-bond acceptors (Lipinski definition) is 3. The topological polar surface area (TPSA) is 51.9 Å². The molecule has 0 saturated heterocycles. The van der Waals surface area contributed by atoms with E-state index in [4.69, 9.17) is 4.98 Å². The Balaban J connectivity index is 1.82. The zero-order chi connectivity index (χ0) is 20.8. The lowest BCUT2D eigenvalue weighted by atomic mass is 9.95. The Morgan fingerprint density at radius 3 is 2.66 bits per heavy atom. The van der Waals surface area contributed by atoms with Crippen molar-refractivity contribution in [1.29, 1.82) is 0 Å². The molecule has 1 aromatic carbocycles. The Kier molecular flexibility index (Phi) is 4.95. The van der Waals surface area contributed by atoms with E-state index in [-0.39, 0.29) is 11.1 Å². The van der Waals surface area contributed by atoms with E-state index in [1.54, 1.807) is 4.57 Å². The summed E-state index contributed by atoms with van der Waals surface area (Å²) in [6.07, 6.45) is 3.31. The summed E-state index contributed by atoms with van der Waals surface area (Å²) in [6, 6.07) is 10.7. The van der Waals surface area contributed by atoms with Gasteiger partial charge in [0.25, 0.3) is 0 Å². The maximum absolute atomic E-state index is 12.8. The van der Waals surface area contributed by atoms with Crippen molar-refractivity contribution in [2.45, 2.75) is 40.7 Å². The second-order valence-corrected chi connectivity index (χ2v) is 9.24. The average Bonchev–Trinajstić information content (AvgIpc) is 2.92. The third kappa shape index (κ3) is 3.79. The Hall–Kier alpha value is -2.66. The van der Waals surface area contributed by atoms with Gasteiger partial charge in [0.05, 0.1) is 11.2 Å². The van der Waals surface area contributed by atoms with Crippen molar-refractivity contribution in [3.05, 3.63) is 58.0 Å². The molecule has 1 aliphatic rings. The number of imidazole rings is 1. The molecule has 152 valence electrons. The van der Waals surface area contributed by atoms with Crippen LogP contribution in [0.2, 0.25) is 0 Å². The van der Waals surface area contributed by atoms with Crippen LogP contribution < -0.4 is 11.0 Å². The van der Waals surface area contributed by atoms with Gasteiger partial charge in [0.2, 0.25) is 0 Å². The number of benzene rings is 1. The molecular formula is C24H30N4O. The molecular weight excluding hydrogens is 360 g/mol. The highest BCUT2D eigenvalue weighted by molar-refractivity contribution is 5.79. The zero-order valence-corrected chi connectivity index (χ0v) is 18.0. The third-order valence-corrected chi connectivity index (χ3v) is 5.56. The lowest BCUT2D eigenvalue weighted by Gasteiger charge is -2.18. The summed E-state index contributed by atoms with van der Waals surface area (Å²) in [7, 11) is 1.81. The van der Waals surface area contributed by atoms with Crippen LogP contribution in [0.3, 0.4) is 0 Å². The van der Waals surface area contributed by atoms with Crippen molar-refractivity contribution in [3.8, 4) is 11.3 Å². The molecule has 0 fully saturated rings. The first-order valence-electron chi connectivity index (χ1n) is 10.3. The molecule has 0 radical (unpaired) electrons. The van der Waals surface area contributed by atoms with Gasteiger partial charge in [-0.05, 0) is 60.2 Å². The molecule has 3 aromatic rings. The van der Waals surface area contributed by atoms with Gasteiger partial charge in [-0.1, -0.05) is 39.0 Å². The molecule has 0 bridgehead atoms. The SMILES string of the molecule is Cc1ccc(C2=CCNCC2)cc1-c1ccc2c(n1)n(C)c(=O)n2CC(C)(C)C. The summed E-state index contributed by atoms with van der Waals surface area (Å²) in [5.41, 5.74) is 7.51. The summed E-state index contributed by atoms with van der Waals surface area (Å²) in [4.78, 5) is 17.7. The van der Waals surface area contributed by atoms with Crippen LogP contribution in [0, 0.1) is 12.3 Å². The second-order valence-electron chi connectivity index (χ2n) is 9.24. The highest BCUT2D eigenvalue weighted by atomic mass is 16.1. The lowest BCUT2D eigenvalue weighted by molar-refractivity contribution is 0.342. The molecule has 29 heavy (non-hydrogen) atoms. The molecule has 1 aliphatic heterocycles. The van der Waals surface area contributed by atoms with Gasteiger partial charge in [-0.3, -0.25) is 9.13 Å². The summed E-state index contributed by atoms with van der Waals surface area (Å²) in [6.45, 7) is 11.2. The highest BCUT2D eigenvalue weighted by Crippen LogP contribution is 2.29. The van der Waals surface area contributed by atoms with Gasteiger partial charge in [0.15, 0.2) is 5.65 Å². The maximum atomic E-state index is 12.8. The van der Waals surface area contributed by atoms with Crippen LogP contribution in [-0.2, 0) is 13.6 Å². The van der Waals surface area contributed by atoms with E-state index in [2.05, 4.69) is 57.3 Å². The molecule has 5 nitrogen and oxygen atoms in total. The average molecular weight is 391 g/mol. The molecule has 1 N–H and O–H groups in total. The summed E-state index contributed by atoms with van der Waals surface area (Å²) in [5.74, 6) is 0. The number of rotatable bonds is 3. The van der Waals surface area contributed by atoms with Crippen LogP contribution >= 0.6 is 0 Å². The van der Waals surface area contributed by atoms with Crippen molar-refractivity contribution in [3.63, 3.8) is 0 Å². The molecule has 5 heteroatoms. The van der Waals surface area contributed by atoms with Crippen molar-refractivity contribution in [2.24, 2.45) is 12.5 Å². The van der Waals surface area contributed by atoms with Crippen LogP contribution in [0.25, 0.3) is 28.0 Å². The molecule has 0 amide bonds. The minimum Gasteiger partial charge on any atom is -0.313 e. The molecule has 0 unspecified atom stereocenters. The molecule has 0 saturated carbocycles. The van der Waals surface area contributed by atoms with Gasteiger partial charge in [0.1, 0.15) is 0 Å². The van der Waals surface area contributed by atoms with Crippen LogP contribution in [0.5, 0.6) is 0 Å². The molecule has 0 spiro atoms. The predicted molar refractivity (Wildman–Crippen MR) is 120 cm³/mol. The molecule has 0 aliphatic carbocycles. The van der Waals surface area contributed by atoms with E-state index in [9.17, 15) is 4.79 Å². The van der Waals surface area contributed by atoms with E-state index >= 15 is 0 Å². The van der Waals surface area contributed by atoms with E-state index in [0.717, 1.165) is 41.9 Å². The maximum Gasteiger partial charge on any atom is 0.330 e. The fourth-order valence-electron chi connectivity index (χ4n) is 4.03. The number of nitrogens with zero attached hydrogens (tertiary/aromatic N) is 3. The van der Waals surface area contributed by atoms with E-state index < -0.39 is 0 Å². The fraction of sp³-hybridized carbons (Fsp3) is 0.417. The van der Waals surface area contributed by atoms with Gasteiger partial charge in [-0.2, -0.15) is 0 Å². The first kappa shape index (κ1) is 19.6. The van der Waals surface area contributed by atoms with Crippen molar-refractivity contribution < 1.29 is 0 Å². The van der Waals surface area contributed by atoms with E-state index in [1.807, 2.05) is 23.7 Å². The quantitative estimate of drug-likeness (QED) is 0.731. The molecule has 2 aromatic heterocycles. The van der Waals surface area contributed by atoms with Crippen LogP contribution in [0.4, 0.5) is 0 Å². The van der Waals surface area contributed by atoms with E-state index in [1.165, 1.54) is 16.7 Å². The van der Waals surface area contributed by atoms with Gasteiger partial charge in [-0.25, -0.2) is 9.78 Å². The van der Waals surface area contributed by atoms with Gasteiger partial charge >= 0.3 is 5.69 Å². The number of nitrogens with one attached hydrogen (secondary N) is 1. The first-order valence-corrected chi connectivity index (χ1v) is 10.3. The number of pyridine rings is 1. The Morgan fingerprint density at radius 2 is 1.97 bits per heavy atom. The van der Waals surface area contributed by atoms with Crippen molar-refractivity contribution >= 4 is 16.7 Å². The highest BCUT2D eigenvalue weighted by Gasteiger charge is 2.19. The minimum atomic E-state index is -0.00934. The smallest absolute Gasteiger partial charge is 0.313 e. The summed E-state index contributed by atoms with van der Waals surface area (Å²) < 4.78 is 3.51. The lowest BCUT2D eigenvalue weighted by Crippen LogP contribution is -2.27. The van der Waals surface area contributed by atoms with Crippen LogP contribution in [0.1, 0.15) is 38.3 Å². The summed E-state index contributed by atoms with van der Waals surface area (Å²) >= 11 is 0. The second kappa shape index (κ2) is 7.30. The number of aromatic nitrogens is 3. The standard InChI is InChI=1S/C24H30N4O/c1-16-6-7-18(17-10-12-25-13-11-17)14-19(16)20-8-9-21-22(26-20)27(5)23(29)28(21)15-24(2,3)4/h6-10,14,25H,11-13,15H2,1-5H3. The normalized spacial score (nSPS) is 15.0. The minimum absolute atomic E-state index is 0.00934. The number of hydrogen-bond donors (Lipinski definition) is 1. The third-order valence-electron chi connectivity index (χ3n) is 5.56. The first-order chi connectivity index (χ1) is 13.7. The Bertz CT molecular complexity index is 1160.